The highest BCUT2D eigenvalue weighted by Crippen LogP contribution is 2.36. The lowest BCUT2D eigenvalue weighted by Gasteiger charge is -2.31. The van der Waals surface area contributed by atoms with Crippen LogP contribution in [0.5, 0.6) is 5.75 Å². The molecule has 0 spiro atoms. The first-order valence-corrected chi connectivity index (χ1v) is 10.1. The highest BCUT2D eigenvalue weighted by molar-refractivity contribution is 5.98. The molecule has 0 saturated heterocycles. The Morgan fingerprint density at radius 1 is 1.19 bits per heavy atom. The normalized spacial score (nSPS) is 14.0. The van der Waals surface area contributed by atoms with E-state index in [2.05, 4.69) is 46.8 Å². The van der Waals surface area contributed by atoms with E-state index < -0.39 is 0 Å². The molecule has 150 valence electrons. The van der Waals surface area contributed by atoms with Gasteiger partial charge in [-0.2, -0.15) is 0 Å². The standard InChI is InChI=1S/C22H34N2O3/c1-6-12-23(13-7-2)20(25)9-8-14-24-18-15-17(22(3,4)5)10-11-19(18)27-16-21(24)26/h10-11,15H,6-9,12-14,16H2,1-5H3. The van der Waals surface area contributed by atoms with Crippen molar-refractivity contribution in [2.24, 2.45) is 0 Å². The Balaban J connectivity index is 2.06. The Hall–Kier alpha value is -2.04. The third kappa shape index (κ3) is 5.47. The van der Waals surface area contributed by atoms with Crippen molar-refractivity contribution in [2.45, 2.75) is 65.7 Å². The molecule has 0 bridgehead atoms. The van der Waals surface area contributed by atoms with E-state index in [0.717, 1.165) is 42.9 Å². The molecule has 5 nitrogen and oxygen atoms in total. The average molecular weight is 375 g/mol. The molecule has 0 radical (unpaired) electrons. The number of benzene rings is 1. The van der Waals surface area contributed by atoms with Gasteiger partial charge in [-0.1, -0.05) is 40.7 Å². The summed E-state index contributed by atoms with van der Waals surface area (Å²) in [4.78, 5) is 28.6. The van der Waals surface area contributed by atoms with Crippen molar-refractivity contribution in [3.05, 3.63) is 23.8 Å². The highest BCUT2D eigenvalue weighted by Gasteiger charge is 2.27. The van der Waals surface area contributed by atoms with Gasteiger partial charge in [0.2, 0.25) is 5.91 Å². The molecule has 0 aromatic heterocycles. The van der Waals surface area contributed by atoms with Crippen molar-refractivity contribution in [3.63, 3.8) is 0 Å². The van der Waals surface area contributed by atoms with Gasteiger partial charge in [0.25, 0.3) is 5.91 Å². The van der Waals surface area contributed by atoms with Crippen LogP contribution in [0.3, 0.4) is 0 Å². The van der Waals surface area contributed by atoms with Crippen molar-refractivity contribution >= 4 is 17.5 Å². The summed E-state index contributed by atoms with van der Waals surface area (Å²) in [6.45, 7) is 12.9. The maximum absolute atomic E-state index is 12.5. The Labute approximate surface area is 163 Å². The van der Waals surface area contributed by atoms with E-state index in [9.17, 15) is 9.59 Å². The van der Waals surface area contributed by atoms with E-state index in [4.69, 9.17) is 4.74 Å². The van der Waals surface area contributed by atoms with E-state index in [1.165, 1.54) is 0 Å². The first kappa shape index (κ1) is 21.3. The molecule has 5 heteroatoms. The fraction of sp³-hybridized carbons (Fsp3) is 0.636. The molecule has 1 aromatic carbocycles. The van der Waals surface area contributed by atoms with Crippen LogP contribution in [0.1, 0.15) is 65.9 Å². The lowest BCUT2D eigenvalue weighted by molar-refractivity contribution is -0.131. The molecule has 1 heterocycles. The quantitative estimate of drug-likeness (QED) is 0.687. The predicted molar refractivity (Wildman–Crippen MR) is 109 cm³/mol. The minimum Gasteiger partial charge on any atom is -0.482 e. The first-order valence-electron chi connectivity index (χ1n) is 10.1. The number of carbonyl (C=O) groups excluding carboxylic acids is 2. The smallest absolute Gasteiger partial charge is 0.265 e. The summed E-state index contributed by atoms with van der Waals surface area (Å²) in [6, 6.07) is 6.06. The SMILES string of the molecule is CCCN(CCC)C(=O)CCCN1C(=O)COc2ccc(C(C)(C)C)cc21. The largest absolute Gasteiger partial charge is 0.482 e. The van der Waals surface area contributed by atoms with Gasteiger partial charge < -0.3 is 14.5 Å². The lowest BCUT2D eigenvalue weighted by atomic mass is 9.86. The summed E-state index contributed by atoms with van der Waals surface area (Å²) in [6.07, 6.45) is 3.07. The molecule has 2 amide bonds. The van der Waals surface area contributed by atoms with Crippen LogP contribution in [0.4, 0.5) is 5.69 Å². The number of anilines is 1. The van der Waals surface area contributed by atoms with Gasteiger partial charge in [-0.15, -0.1) is 0 Å². The minimum atomic E-state index is -0.0417. The molecule has 0 N–H and O–H groups in total. The van der Waals surface area contributed by atoms with Crippen LogP contribution in [0.25, 0.3) is 0 Å². The number of carbonyl (C=O) groups is 2. The van der Waals surface area contributed by atoms with Crippen LogP contribution in [-0.4, -0.2) is 43.0 Å². The van der Waals surface area contributed by atoms with Crippen LogP contribution >= 0.6 is 0 Å². The van der Waals surface area contributed by atoms with Gasteiger partial charge in [0.05, 0.1) is 5.69 Å². The molecule has 0 fully saturated rings. The van der Waals surface area contributed by atoms with Gasteiger partial charge in [0.15, 0.2) is 6.61 Å². The van der Waals surface area contributed by atoms with E-state index in [1.54, 1.807) is 4.90 Å². The second kappa shape index (κ2) is 9.25. The Kier molecular flexibility index (Phi) is 7.28. The molecule has 2 rings (SSSR count). The maximum Gasteiger partial charge on any atom is 0.265 e. The summed E-state index contributed by atoms with van der Waals surface area (Å²) in [5.41, 5.74) is 1.99. The molecule has 1 aliphatic heterocycles. The van der Waals surface area contributed by atoms with Crippen LogP contribution < -0.4 is 9.64 Å². The second-order valence-electron chi connectivity index (χ2n) is 8.25. The fourth-order valence-corrected chi connectivity index (χ4v) is 3.36. The molecule has 0 unspecified atom stereocenters. The maximum atomic E-state index is 12.5. The van der Waals surface area contributed by atoms with Crippen molar-refractivity contribution in [3.8, 4) is 5.75 Å². The third-order valence-corrected chi connectivity index (χ3v) is 4.88. The van der Waals surface area contributed by atoms with Gasteiger partial charge in [0.1, 0.15) is 5.75 Å². The number of nitrogens with zero attached hydrogens (tertiary/aromatic N) is 2. The fourth-order valence-electron chi connectivity index (χ4n) is 3.36. The second-order valence-corrected chi connectivity index (χ2v) is 8.25. The van der Waals surface area contributed by atoms with Crippen LogP contribution in [0.2, 0.25) is 0 Å². The van der Waals surface area contributed by atoms with E-state index >= 15 is 0 Å². The number of hydrogen-bond donors (Lipinski definition) is 0. The van der Waals surface area contributed by atoms with Gasteiger partial charge in [-0.3, -0.25) is 9.59 Å². The monoisotopic (exact) mass is 374 g/mol. The van der Waals surface area contributed by atoms with E-state index in [1.807, 2.05) is 11.0 Å². The summed E-state index contributed by atoms with van der Waals surface area (Å²) in [5.74, 6) is 0.885. The first-order chi connectivity index (χ1) is 12.8. The van der Waals surface area contributed by atoms with Crippen molar-refractivity contribution in [1.29, 1.82) is 0 Å². The molecule has 1 aliphatic rings. The van der Waals surface area contributed by atoms with Crippen LogP contribution in [-0.2, 0) is 15.0 Å². The zero-order valence-electron chi connectivity index (χ0n) is 17.5. The van der Waals surface area contributed by atoms with E-state index in [0.29, 0.717) is 19.4 Å². The van der Waals surface area contributed by atoms with Gasteiger partial charge in [0, 0.05) is 26.1 Å². The van der Waals surface area contributed by atoms with Gasteiger partial charge in [-0.25, -0.2) is 0 Å². The molecular formula is C22H34N2O3. The van der Waals surface area contributed by atoms with Gasteiger partial charge in [-0.05, 0) is 42.4 Å². The summed E-state index contributed by atoms with van der Waals surface area (Å²) >= 11 is 0. The van der Waals surface area contributed by atoms with E-state index in [-0.39, 0.29) is 23.8 Å². The lowest BCUT2D eigenvalue weighted by Crippen LogP contribution is -2.40. The molecule has 0 atom stereocenters. The van der Waals surface area contributed by atoms with Gasteiger partial charge >= 0.3 is 0 Å². The Morgan fingerprint density at radius 2 is 1.85 bits per heavy atom. The molecular weight excluding hydrogens is 340 g/mol. The van der Waals surface area contributed by atoms with Crippen molar-refractivity contribution in [2.75, 3.05) is 31.1 Å². The zero-order valence-corrected chi connectivity index (χ0v) is 17.5. The molecule has 27 heavy (non-hydrogen) atoms. The Morgan fingerprint density at radius 3 is 2.44 bits per heavy atom. The number of hydrogen-bond acceptors (Lipinski definition) is 3. The zero-order chi connectivity index (χ0) is 20.0. The summed E-state index contributed by atoms with van der Waals surface area (Å²) in [5, 5.41) is 0. The number of amides is 2. The minimum absolute atomic E-state index is 0.00202. The Bertz CT molecular complexity index is 658. The predicted octanol–water partition coefficient (Wildman–Crippen LogP) is 4.14. The highest BCUT2D eigenvalue weighted by atomic mass is 16.5. The molecule has 1 aromatic rings. The summed E-state index contributed by atoms with van der Waals surface area (Å²) < 4.78 is 5.60. The number of rotatable bonds is 8. The van der Waals surface area contributed by atoms with Crippen molar-refractivity contribution in [1.82, 2.24) is 4.90 Å². The number of ether oxygens (including phenoxy) is 1. The molecule has 0 saturated carbocycles. The van der Waals surface area contributed by atoms with Crippen LogP contribution in [0, 0.1) is 0 Å². The molecule has 0 aliphatic carbocycles. The van der Waals surface area contributed by atoms with Crippen molar-refractivity contribution < 1.29 is 14.3 Å². The average Bonchev–Trinajstić information content (AvgIpc) is 2.62. The third-order valence-electron chi connectivity index (χ3n) is 4.88. The van der Waals surface area contributed by atoms with Crippen LogP contribution in [0.15, 0.2) is 18.2 Å². The summed E-state index contributed by atoms with van der Waals surface area (Å²) in [7, 11) is 0. The number of fused-ring (bicyclic) bond motifs is 1. The topological polar surface area (TPSA) is 49.9 Å².